The van der Waals surface area contributed by atoms with Crippen molar-refractivity contribution in [1.29, 1.82) is 0 Å². The van der Waals surface area contributed by atoms with Crippen LogP contribution in [0.2, 0.25) is 0 Å². The van der Waals surface area contributed by atoms with Crippen LogP contribution >= 0.6 is 0 Å². The maximum Gasteiger partial charge on any atom is 0.309 e. The average Bonchev–Trinajstić information content (AvgIpc) is 2.48. The number of β-amino-alcohol motifs (C(OH)–C–C–N with tert-alkyl or cyclic N) is 1. The van der Waals surface area contributed by atoms with Crippen molar-refractivity contribution in [3.05, 3.63) is 0 Å². The maximum atomic E-state index is 12.4. The van der Waals surface area contributed by atoms with E-state index in [4.69, 9.17) is 0 Å². The Morgan fingerprint density at radius 1 is 1.23 bits per heavy atom. The van der Waals surface area contributed by atoms with Crippen LogP contribution in [0.1, 0.15) is 45.4 Å². The number of likely N-dealkylation sites (tertiary alicyclic amines) is 2. The molecule has 2 N–H and O–H groups in total. The number of rotatable bonds is 5. The van der Waals surface area contributed by atoms with E-state index in [1.165, 1.54) is 0 Å². The molecule has 0 aromatic carbocycles. The van der Waals surface area contributed by atoms with Gasteiger partial charge in [-0.15, -0.1) is 0 Å². The summed E-state index contributed by atoms with van der Waals surface area (Å²) in [5, 5.41) is 19.2. The first-order valence-corrected chi connectivity index (χ1v) is 8.38. The molecule has 1 atom stereocenters. The summed E-state index contributed by atoms with van der Waals surface area (Å²) in [6, 6.07) is 0. The fourth-order valence-electron chi connectivity index (χ4n) is 3.70. The first-order chi connectivity index (χ1) is 10.5. The molecule has 2 saturated heterocycles. The van der Waals surface area contributed by atoms with Gasteiger partial charge in [-0.25, -0.2) is 0 Å². The lowest BCUT2D eigenvalue weighted by Crippen LogP contribution is -2.50. The molecule has 2 fully saturated rings. The van der Waals surface area contributed by atoms with Crippen LogP contribution in [0, 0.1) is 5.41 Å². The highest BCUT2D eigenvalue weighted by Gasteiger charge is 2.41. The highest BCUT2D eigenvalue weighted by atomic mass is 16.4. The van der Waals surface area contributed by atoms with Crippen LogP contribution in [-0.2, 0) is 9.59 Å². The molecule has 1 amide bonds. The Morgan fingerprint density at radius 2 is 1.91 bits per heavy atom. The van der Waals surface area contributed by atoms with E-state index in [9.17, 15) is 19.8 Å². The minimum absolute atomic E-state index is 0.0598. The van der Waals surface area contributed by atoms with E-state index in [0.29, 0.717) is 45.4 Å². The van der Waals surface area contributed by atoms with Gasteiger partial charge in [-0.2, -0.15) is 0 Å². The summed E-state index contributed by atoms with van der Waals surface area (Å²) in [4.78, 5) is 27.7. The molecular formula is C16H28N2O4. The van der Waals surface area contributed by atoms with Crippen LogP contribution in [0.25, 0.3) is 0 Å². The lowest BCUT2D eigenvalue weighted by molar-refractivity contribution is -0.155. The van der Waals surface area contributed by atoms with Gasteiger partial charge < -0.3 is 15.1 Å². The predicted molar refractivity (Wildman–Crippen MR) is 82.5 cm³/mol. The number of hydrogen-bond donors (Lipinski definition) is 2. The van der Waals surface area contributed by atoms with Gasteiger partial charge >= 0.3 is 5.97 Å². The number of aliphatic hydroxyl groups excluding tert-OH is 1. The molecule has 6 heteroatoms. The topological polar surface area (TPSA) is 81.1 Å². The van der Waals surface area contributed by atoms with Gasteiger partial charge in [0.1, 0.15) is 0 Å². The van der Waals surface area contributed by atoms with Gasteiger partial charge in [0, 0.05) is 19.6 Å². The fourth-order valence-corrected chi connectivity index (χ4v) is 3.70. The molecule has 6 nitrogen and oxygen atoms in total. The Hall–Kier alpha value is -1.14. The van der Waals surface area contributed by atoms with Gasteiger partial charge in [0.15, 0.2) is 0 Å². The summed E-state index contributed by atoms with van der Waals surface area (Å²) >= 11 is 0. The van der Waals surface area contributed by atoms with E-state index < -0.39 is 11.4 Å². The summed E-state index contributed by atoms with van der Waals surface area (Å²) in [6.07, 6.45) is 4.04. The van der Waals surface area contributed by atoms with Crippen molar-refractivity contribution in [3.63, 3.8) is 0 Å². The van der Waals surface area contributed by atoms with Crippen LogP contribution in [0.3, 0.4) is 0 Å². The van der Waals surface area contributed by atoms with Crippen molar-refractivity contribution >= 4 is 11.9 Å². The summed E-state index contributed by atoms with van der Waals surface area (Å²) < 4.78 is 0. The second-order valence-corrected chi connectivity index (χ2v) is 6.75. The Bertz CT molecular complexity index is 405. The van der Waals surface area contributed by atoms with Crippen LogP contribution in [0.4, 0.5) is 0 Å². The second-order valence-electron chi connectivity index (χ2n) is 6.75. The Labute approximate surface area is 132 Å². The normalized spacial score (nSPS) is 25.9. The molecule has 2 aliphatic rings. The number of hydrogen-bond acceptors (Lipinski definition) is 4. The van der Waals surface area contributed by atoms with Gasteiger partial charge in [0.05, 0.1) is 18.1 Å². The molecule has 2 rings (SSSR count). The summed E-state index contributed by atoms with van der Waals surface area (Å²) in [7, 11) is 0. The van der Waals surface area contributed by atoms with E-state index in [0.717, 1.165) is 25.8 Å². The third-order valence-electron chi connectivity index (χ3n) is 5.09. The molecule has 2 heterocycles. The van der Waals surface area contributed by atoms with Gasteiger partial charge in [-0.3, -0.25) is 14.5 Å². The largest absolute Gasteiger partial charge is 0.481 e. The Balaban J connectivity index is 1.85. The lowest BCUT2D eigenvalue weighted by atomic mass is 9.75. The third kappa shape index (κ3) is 3.98. The van der Waals surface area contributed by atoms with Crippen molar-refractivity contribution < 1.29 is 19.8 Å². The van der Waals surface area contributed by atoms with E-state index in [2.05, 4.69) is 0 Å². The molecule has 0 bridgehead atoms. The Morgan fingerprint density at radius 3 is 2.45 bits per heavy atom. The number of amides is 1. The van der Waals surface area contributed by atoms with Crippen LogP contribution in [0.5, 0.6) is 0 Å². The second kappa shape index (κ2) is 7.42. The highest BCUT2D eigenvalue weighted by Crippen LogP contribution is 2.36. The minimum Gasteiger partial charge on any atom is -0.481 e. The molecule has 0 aromatic rings. The highest BCUT2D eigenvalue weighted by molar-refractivity contribution is 5.79. The number of carbonyl (C=O) groups is 2. The molecule has 0 spiro atoms. The molecule has 0 aliphatic carbocycles. The third-order valence-corrected chi connectivity index (χ3v) is 5.09. The number of carboxylic acids is 1. The van der Waals surface area contributed by atoms with E-state index in [1.807, 2.05) is 11.8 Å². The average molecular weight is 312 g/mol. The standard InChI is InChI=1S/C16H28N2O4/c1-2-5-16(15(21)22)6-9-18(10-7-16)14(20)12-17-8-3-4-13(19)11-17/h13,19H,2-12H2,1H3,(H,21,22). The van der Waals surface area contributed by atoms with Gasteiger partial charge in [0.25, 0.3) is 0 Å². The van der Waals surface area contributed by atoms with Crippen LogP contribution in [-0.4, -0.2) is 70.7 Å². The number of carboxylic acid groups (broad SMARTS) is 1. The van der Waals surface area contributed by atoms with Crippen molar-refractivity contribution in [3.8, 4) is 0 Å². The van der Waals surface area contributed by atoms with Gasteiger partial charge in [-0.05, 0) is 38.6 Å². The van der Waals surface area contributed by atoms with E-state index >= 15 is 0 Å². The lowest BCUT2D eigenvalue weighted by Gasteiger charge is -2.40. The summed E-state index contributed by atoms with van der Waals surface area (Å²) in [5.41, 5.74) is -0.646. The fraction of sp³-hybridized carbons (Fsp3) is 0.875. The maximum absolute atomic E-state index is 12.4. The molecule has 0 aromatic heterocycles. The summed E-state index contributed by atoms with van der Waals surface area (Å²) in [5.74, 6) is -0.662. The smallest absolute Gasteiger partial charge is 0.309 e. The predicted octanol–water partition coefficient (Wildman–Crippen LogP) is 0.937. The monoisotopic (exact) mass is 312 g/mol. The Kier molecular flexibility index (Phi) is 5.81. The molecule has 0 radical (unpaired) electrons. The SMILES string of the molecule is CCCC1(C(=O)O)CCN(C(=O)CN2CCCC(O)C2)CC1. The van der Waals surface area contributed by atoms with Crippen molar-refractivity contribution in [2.45, 2.75) is 51.6 Å². The molecule has 0 saturated carbocycles. The number of piperidine rings is 2. The molecular weight excluding hydrogens is 284 g/mol. The van der Waals surface area contributed by atoms with Crippen molar-refractivity contribution in [1.82, 2.24) is 9.80 Å². The van der Waals surface area contributed by atoms with Crippen LogP contribution in [0.15, 0.2) is 0 Å². The zero-order valence-electron chi connectivity index (χ0n) is 13.5. The summed E-state index contributed by atoms with van der Waals surface area (Å²) in [6.45, 7) is 4.82. The molecule has 2 aliphatic heterocycles. The van der Waals surface area contributed by atoms with Crippen molar-refractivity contribution in [2.24, 2.45) is 5.41 Å². The molecule has 1 unspecified atom stereocenters. The van der Waals surface area contributed by atoms with Gasteiger partial charge in [-0.1, -0.05) is 13.3 Å². The number of aliphatic hydroxyl groups is 1. The van der Waals surface area contributed by atoms with Crippen molar-refractivity contribution in [2.75, 3.05) is 32.7 Å². The number of nitrogens with zero attached hydrogens (tertiary/aromatic N) is 2. The first kappa shape index (κ1) is 17.2. The number of carbonyl (C=O) groups excluding carboxylic acids is 1. The first-order valence-electron chi connectivity index (χ1n) is 8.38. The van der Waals surface area contributed by atoms with Gasteiger partial charge in [0.2, 0.25) is 5.91 Å². The number of aliphatic carboxylic acids is 1. The minimum atomic E-state index is -0.722. The molecule has 126 valence electrons. The van der Waals surface area contributed by atoms with E-state index in [-0.39, 0.29) is 12.0 Å². The quantitative estimate of drug-likeness (QED) is 0.789. The van der Waals surface area contributed by atoms with E-state index in [1.54, 1.807) is 4.90 Å². The van der Waals surface area contributed by atoms with Crippen LogP contribution < -0.4 is 0 Å². The zero-order chi connectivity index (χ0) is 16.2. The zero-order valence-corrected chi connectivity index (χ0v) is 13.5. The molecule has 22 heavy (non-hydrogen) atoms.